The summed E-state index contributed by atoms with van der Waals surface area (Å²) in [4.78, 5) is 14.4. The van der Waals surface area contributed by atoms with E-state index in [0.717, 1.165) is 24.3 Å². The minimum absolute atomic E-state index is 0.0127. The number of hydrogen-bond acceptors (Lipinski definition) is 3. The molecule has 0 saturated carbocycles. The average Bonchev–Trinajstić information content (AvgIpc) is 2.45. The van der Waals surface area contributed by atoms with Crippen molar-refractivity contribution in [3.05, 3.63) is 41.2 Å². The molecule has 114 valence electrons. The molecule has 1 amide bonds. The highest BCUT2D eigenvalue weighted by Gasteiger charge is 2.38. The Kier molecular flexibility index (Phi) is 5.09. The fourth-order valence-corrected chi connectivity index (χ4v) is 1.93. The van der Waals surface area contributed by atoms with Gasteiger partial charge in [0.05, 0.1) is 0 Å². The minimum atomic E-state index is -4.87. The number of amides is 1. The lowest BCUT2D eigenvalue weighted by molar-refractivity contribution is -0.0384. The molecule has 0 saturated heterocycles. The summed E-state index contributed by atoms with van der Waals surface area (Å²) in [6, 6.07) is 3.98. The van der Waals surface area contributed by atoms with Crippen LogP contribution < -0.4 is 5.32 Å². The second-order valence-corrected chi connectivity index (χ2v) is 5.71. The van der Waals surface area contributed by atoms with Crippen molar-refractivity contribution in [1.82, 2.24) is 5.32 Å². The first-order valence-corrected chi connectivity index (χ1v) is 6.68. The monoisotopic (exact) mass is 320 g/mol. The summed E-state index contributed by atoms with van der Waals surface area (Å²) in [5.41, 5.74) is -6.39. The maximum atomic E-state index is 12.3. The number of rotatable bonds is 4. The topological polar surface area (TPSA) is 70.8 Å². The lowest BCUT2D eigenvalue weighted by atomic mass is 10.1. The summed E-state index contributed by atoms with van der Waals surface area (Å²) in [5.74, 6) is -0.730. The summed E-state index contributed by atoms with van der Waals surface area (Å²) < 4.78 is 47.9. The molecule has 0 aliphatic heterocycles. The fraction of sp³-hybridized carbons (Fsp3) is 0.333. The van der Waals surface area contributed by atoms with E-state index in [4.69, 9.17) is 11.7 Å². The van der Waals surface area contributed by atoms with E-state index in [1.165, 1.54) is 6.92 Å². The molecule has 0 aromatic heterocycles. The van der Waals surface area contributed by atoms with E-state index >= 15 is 0 Å². The van der Waals surface area contributed by atoms with E-state index in [2.05, 4.69) is 10.2 Å². The van der Waals surface area contributed by atoms with Crippen LogP contribution in [0.1, 0.15) is 17.3 Å². The summed E-state index contributed by atoms with van der Waals surface area (Å²) in [5, 5.41) is 11.2. The highest BCUT2D eigenvalue weighted by Crippen LogP contribution is 2.26. The van der Waals surface area contributed by atoms with Crippen LogP contribution in [0, 0.1) is 6.57 Å². The molecule has 0 fully saturated rings. The van der Waals surface area contributed by atoms with Crippen LogP contribution in [0.2, 0.25) is 0 Å². The fourth-order valence-electron chi connectivity index (χ4n) is 1.28. The number of alkyl halides is 3. The van der Waals surface area contributed by atoms with Crippen molar-refractivity contribution in [2.24, 2.45) is 0 Å². The number of carbonyl (C=O) groups is 1. The predicted octanol–water partition coefficient (Wildman–Crippen LogP) is 1.67. The zero-order valence-corrected chi connectivity index (χ0v) is 11.6. The quantitative estimate of drug-likeness (QED) is 0.829. The van der Waals surface area contributed by atoms with Gasteiger partial charge in [-0.1, -0.05) is 0 Å². The molecule has 2 unspecified atom stereocenters. The Hall–Kier alpha value is -1.92. The Bertz CT molecular complexity index is 595. The van der Waals surface area contributed by atoms with Crippen LogP contribution >= 0.6 is 0 Å². The lowest BCUT2D eigenvalue weighted by Gasteiger charge is -2.16. The molecule has 1 aromatic carbocycles. The number of nitrogens with one attached hydrogen (secondary N) is 1. The van der Waals surface area contributed by atoms with Crippen LogP contribution in [0.15, 0.2) is 29.2 Å². The summed E-state index contributed by atoms with van der Waals surface area (Å²) in [6.07, 6.45) is 0. The van der Waals surface area contributed by atoms with Gasteiger partial charge in [0.1, 0.15) is 6.61 Å². The largest absolute Gasteiger partial charge is 0.475 e. The molecule has 1 aromatic rings. The van der Waals surface area contributed by atoms with Gasteiger partial charge in [-0.3, -0.25) is 15.0 Å². The van der Waals surface area contributed by atoms with Crippen LogP contribution in [0.4, 0.5) is 13.2 Å². The normalized spacial score (nSPS) is 15.6. The molecular weight excluding hydrogens is 309 g/mol. The standard InChI is InChI=1S/C12H11F3N2O3S/c1-11(7-18,16-2)17-10(19)8-3-5-9(6-4-8)21(20)12(13,14)15/h3-6,18H,7H2,1H3,(H,17,19). The van der Waals surface area contributed by atoms with Gasteiger partial charge < -0.3 is 5.11 Å². The third-order valence-corrected chi connectivity index (χ3v) is 3.60. The van der Waals surface area contributed by atoms with Crippen molar-refractivity contribution in [2.45, 2.75) is 23.0 Å². The molecule has 2 N–H and O–H groups in total. The van der Waals surface area contributed by atoms with Crippen LogP contribution in [-0.4, -0.2) is 33.0 Å². The van der Waals surface area contributed by atoms with Gasteiger partial charge in [-0.05, 0) is 24.3 Å². The molecule has 0 radical (unpaired) electrons. The van der Waals surface area contributed by atoms with E-state index in [1.807, 2.05) is 0 Å². The van der Waals surface area contributed by atoms with Crippen LogP contribution in [0.25, 0.3) is 4.85 Å². The maximum Gasteiger partial charge on any atom is 0.475 e. The molecule has 0 heterocycles. The smallest absolute Gasteiger partial charge is 0.386 e. The Morgan fingerprint density at radius 3 is 2.29 bits per heavy atom. The van der Waals surface area contributed by atoms with Gasteiger partial charge in [0.2, 0.25) is 0 Å². The zero-order valence-electron chi connectivity index (χ0n) is 10.8. The Labute approximate surface area is 121 Å². The van der Waals surface area contributed by atoms with E-state index < -0.39 is 39.4 Å². The average molecular weight is 320 g/mol. The maximum absolute atomic E-state index is 12.3. The van der Waals surface area contributed by atoms with Gasteiger partial charge in [-0.2, -0.15) is 13.2 Å². The number of aliphatic hydroxyl groups excluding tert-OH is 1. The van der Waals surface area contributed by atoms with Gasteiger partial charge >= 0.3 is 11.2 Å². The lowest BCUT2D eigenvalue weighted by Crippen LogP contribution is -2.46. The first-order chi connectivity index (χ1) is 9.63. The van der Waals surface area contributed by atoms with E-state index in [9.17, 15) is 22.2 Å². The number of hydrogen-bond donors (Lipinski definition) is 2. The molecule has 0 aliphatic carbocycles. The number of benzene rings is 1. The van der Waals surface area contributed by atoms with E-state index in [1.54, 1.807) is 0 Å². The second kappa shape index (κ2) is 6.24. The Morgan fingerprint density at radius 1 is 1.38 bits per heavy atom. The van der Waals surface area contributed by atoms with Crippen molar-refractivity contribution >= 4 is 16.7 Å². The van der Waals surface area contributed by atoms with Gasteiger partial charge in [-0.15, -0.1) is 0 Å². The third-order valence-electron chi connectivity index (χ3n) is 2.48. The number of nitrogens with zero attached hydrogens (tertiary/aromatic N) is 1. The Balaban J connectivity index is 2.91. The Morgan fingerprint density at radius 2 is 1.90 bits per heavy atom. The second-order valence-electron chi connectivity index (χ2n) is 4.24. The molecule has 0 spiro atoms. The SMILES string of the molecule is [C-]#[N+]C(C)(CO)NC(=O)c1ccc(S(=O)C(F)(F)F)cc1. The highest BCUT2D eigenvalue weighted by atomic mass is 32.2. The number of halogens is 3. The van der Waals surface area contributed by atoms with Gasteiger partial charge in [0, 0.05) is 17.4 Å². The molecule has 1 rings (SSSR count). The summed E-state index contributed by atoms with van der Waals surface area (Å²) in [7, 11) is -3.16. The predicted molar refractivity (Wildman–Crippen MR) is 68.5 cm³/mol. The number of aliphatic hydroxyl groups is 1. The zero-order chi connectivity index (χ0) is 16.3. The van der Waals surface area contributed by atoms with Gasteiger partial charge in [0.15, 0.2) is 10.8 Å². The minimum Gasteiger partial charge on any atom is -0.386 e. The highest BCUT2D eigenvalue weighted by molar-refractivity contribution is 7.86. The van der Waals surface area contributed by atoms with Crippen molar-refractivity contribution in [2.75, 3.05) is 6.61 Å². The first-order valence-electron chi connectivity index (χ1n) is 5.53. The van der Waals surface area contributed by atoms with Crippen LogP contribution in [0.3, 0.4) is 0 Å². The number of carbonyl (C=O) groups excluding carboxylic acids is 1. The molecule has 2 atom stereocenters. The van der Waals surface area contributed by atoms with Gasteiger partial charge in [-0.25, -0.2) is 10.8 Å². The van der Waals surface area contributed by atoms with Crippen molar-refractivity contribution in [3.8, 4) is 0 Å². The van der Waals surface area contributed by atoms with Crippen molar-refractivity contribution < 1.29 is 27.3 Å². The van der Waals surface area contributed by atoms with Gasteiger partial charge in [0.25, 0.3) is 5.91 Å². The van der Waals surface area contributed by atoms with Crippen molar-refractivity contribution in [3.63, 3.8) is 0 Å². The molecule has 0 bridgehead atoms. The molecule has 9 heteroatoms. The van der Waals surface area contributed by atoms with Crippen LogP contribution in [0.5, 0.6) is 0 Å². The molecule has 21 heavy (non-hydrogen) atoms. The molecule has 0 aliphatic rings. The van der Waals surface area contributed by atoms with E-state index in [-0.39, 0.29) is 5.56 Å². The summed E-state index contributed by atoms with van der Waals surface area (Å²) >= 11 is 0. The molecular formula is C12H11F3N2O3S. The van der Waals surface area contributed by atoms with Crippen LogP contribution in [-0.2, 0) is 10.8 Å². The molecule has 5 nitrogen and oxygen atoms in total. The van der Waals surface area contributed by atoms with E-state index in [0.29, 0.717) is 0 Å². The summed E-state index contributed by atoms with van der Waals surface area (Å²) in [6.45, 7) is 7.54. The first kappa shape index (κ1) is 17.1. The van der Waals surface area contributed by atoms with Crippen molar-refractivity contribution in [1.29, 1.82) is 0 Å². The third kappa shape index (κ3) is 4.27.